The minimum Gasteiger partial charge on any atom is -0.481 e. The molecule has 20 heavy (non-hydrogen) atoms. The van der Waals surface area contributed by atoms with Gasteiger partial charge in [0.05, 0.1) is 5.92 Å². The number of rotatable bonds is 8. The molecule has 6 nitrogen and oxygen atoms in total. The van der Waals surface area contributed by atoms with Gasteiger partial charge in [-0.1, -0.05) is 13.8 Å². The van der Waals surface area contributed by atoms with Gasteiger partial charge in [0, 0.05) is 19.1 Å². The number of aliphatic carboxylic acids is 1. The van der Waals surface area contributed by atoms with Gasteiger partial charge in [-0.25, -0.2) is 4.79 Å². The van der Waals surface area contributed by atoms with E-state index in [-0.39, 0.29) is 11.9 Å². The number of carbonyl (C=O) groups excluding carboxylic acids is 1. The number of likely N-dealkylation sites (tertiary alicyclic amines) is 1. The summed E-state index contributed by atoms with van der Waals surface area (Å²) in [6.45, 7) is 7.18. The molecule has 0 bridgehead atoms. The minimum absolute atomic E-state index is 0.157. The van der Waals surface area contributed by atoms with Crippen LogP contribution < -0.4 is 10.6 Å². The van der Waals surface area contributed by atoms with Crippen LogP contribution in [0.15, 0.2) is 0 Å². The van der Waals surface area contributed by atoms with Crippen LogP contribution in [0.2, 0.25) is 0 Å². The zero-order chi connectivity index (χ0) is 15.0. The Balaban J connectivity index is 2.07. The van der Waals surface area contributed by atoms with Crippen LogP contribution in [-0.2, 0) is 4.79 Å². The molecule has 0 radical (unpaired) electrons. The maximum Gasteiger partial charge on any atom is 0.314 e. The number of carboxylic acids is 1. The first kappa shape index (κ1) is 16.8. The quantitative estimate of drug-likeness (QED) is 0.587. The van der Waals surface area contributed by atoms with Crippen LogP contribution in [0.25, 0.3) is 0 Å². The Morgan fingerprint density at radius 2 is 2.15 bits per heavy atom. The molecule has 2 amide bonds. The van der Waals surface area contributed by atoms with E-state index in [9.17, 15) is 9.59 Å². The summed E-state index contributed by atoms with van der Waals surface area (Å²) in [7, 11) is 0. The van der Waals surface area contributed by atoms with Crippen molar-refractivity contribution in [1.29, 1.82) is 0 Å². The Labute approximate surface area is 120 Å². The van der Waals surface area contributed by atoms with Crippen molar-refractivity contribution in [2.45, 2.75) is 45.6 Å². The van der Waals surface area contributed by atoms with Crippen LogP contribution >= 0.6 is 0 Å². The molecule has 116 valence electrons. The van der Waals surface area contributed by atoms with Gasteiger partial charge in [0.1, 0.15) is 0 Å². The molecular formula is C14H27N3O3. The van der Waals surface area contributed by atoms with E-state index in [0.717, 1.165) is 19.5 Å². The minimum atomic E-state index is -0.782. The second-order valence-electron chi connectivity index (χ2n) is 5.44. The molecule has 0 saturated carbocycles. The number of amides is 2. The number of hydrogen-bond acceptors (Lipinski definition) is 3. The summed E-state index contributed by atoms with van der Waals surface area (Å²) in [4.78, 5) is 24.6. The largest absolute Gasteiger partial charge is 0.481 e. The fourth-order valence-corrected chi connectivity index (χ4v) is 2.55. The molecule has 1 aliphatic heterocycles. The topological polar surface area (TPSA) is 81.7 Å². The third kappa shape index (κ3) is 5.77. The Kier molecular flexibility index (Phi) is 7.36. The first-order valence-electron chi connectivity index (χ1n) is 7.53. The Hall–Kier alpha value is -1.30. The van der Waals surface area contributed by atoms with Crippen LogP contribution in [0.5, 0.6) is 0 Å². The van der Waals surface area contributed by atoms with Gasteiger partial charge < -0.3 is 15.7 Å². The van der Waals surface area contributed by atoms with Gasteiger partial charge in [-0.15, -0.1) is 0 Å². The van der Waals surface area contributed by atoms with Crippen molar-refractivity contribution in [3.05, 3.63) is 0 Å². The summed E-state index contributed by atoms with van der Waals surface area (Å²) in [6, 6.07) is 0.300. The molecule has 6 heteroatoms. The van der Waals surface area contributed by atoms with E-state index < -0.39 is 5.97 Å². The Morgan fingerprint density at radius 1 is 1.40 bits per heavy atom. The number of nitrogens with zero attached hydrogens (tertiary/aromatic N) is 1. The predicted molar refractivity (Wildman–Crippen MR) is 77.7 cm³/mol. The van der Waals surface area contributed by atoms with Crippen molar-refractivity contribution in [2.24, 2.45) is 5.92 Å². The number of carbonyl (C=O) groups is 2. The molecule has 0 spiro atoms. The second kappa shape index (κ2) is 8.79. The van der Waals surface area contributed by atoms with Crippen LogP contribution in [0, 0.1) is 5.92 Å². The Bertz CT molecular complexity index is 323. The maximum atomic E-state index is 11.6. The van der Waals surface area contributed by atoms with Gasteiger partial charge in [0.15, 0.2) is 0 Å². The third-order valence-corrected chi connectivity index (χ3v) is 3.92. The summed E-state index contributed by atoms with van der Waals surface area (Å²) in [5, 5.41) is 14.4. The summed E-state index contributed by atoms with van der Waals surface area (Å²) >= 11 is 0. The lowest BCUT2D eigenvalue weighted by molar-refractivity contribution is -0.141. The van der Waals surface area contributed by atoms with Gasteiger partial charge in [-0.2, -0.15) is 0 Å². The standard InChI is InChI=1S/C14H27N3O3/c1-3-17-9-5-7-12(17)10-16-14(20)15-8-4-6-11(2)13(18)19/h11-12H,3-10H2,1-2H3,(H,18,19)(H2,15,16,20). The number of likely N-dealkylation sites (N-methyl/N-ethyl adjacent to an activating group) is 1. The first-order valence-corrected chi connectivity index (χ1v) is 7.53. The van der Waals surface area contributed by atoms with Crippen LogP contribution in [0.4, 0.5) is 4.79 Å². The highest BCUT2D eigenvalue weighted by molar-refractivity contribution is 5.73. The van der Waals surface area contributed by atoms with E-state index in [0.29, 0.717) is 32.0 Å². The van der Waals surface area contributed by atoms with Gasteiger partial charge in [0.2, 0.25) is 0 Å². The molecule has 2 atom stereocenters. The number of urea groups is 1. The lowest BCUT2D eigenvalue weighted by Gasteiger charge is -2.22. The smallest absolute Gasteiger partial charge is 0.314 e. The molecule has 1 rings (SSSR count). The average Bonchev–Trinajstić information content (AvgIpc) is 2.88. The number of carboxylic acid groups (broad SMARTS) is 1. The van der Waals surface area contributed by atoms with Gasteiger partial charge in [0.25, 0.3) is 0 Å². The van der Waals surface area contributed by atoms with Crippen molar-refractivity contribution in [3.63, 3.8) is 0 Å². The van der Waals surface area contributed by atoms with Crippen LogP contribution in [0.1, 0.15) is 39.5 Å². The molecule has 1 fully saturated rings. The van der Waals surface area contributed by atoms with Crippen molar-refractivity contribution < 1.29 is 14.7 Å². The van der Waals surface area contributed by atoms with Crippen molar-refractivity contribution >= 4 is 12.0 Å². The summed E-state index contributed by atoms with van der Waals surface area (Å²) in [6.07, 6.45) is 3.62. The fourth-order valence-electron chi connectivity index (χ4n) is 2.55. The highest BCUT2D eigenvalue weighted by Gasteiger charge is 2.22. The summed E-state index contributed by atoms with van der Waals surface area (Å²) in [5.74, 6) is -1.13. The highest BCUT2D eigenvalue weighted by Crippen LogP contribution is 2.15. The molecule has 1 heterocycles. The zero-order valence-corrected chi connectivity index (χ0v) is 12.5. The van der Waals surface area contributed by atoms with E-state index in [1.54, 1.807) is 6.92 Å². The van der Waals surface area contributed by atoms with Gasteiger partial charge in [-0.05, 0) is 38.8 Å². The summed E-state index contributed by atoms with van der Waals surface area (Å²) < 4.78 is 0. The maximum absolute atomic E-state index is 11.6. The highest BCUT2D eigenvalue weighted by atomic mass is 16.4. The van der Waals surface area contributed by atoms with E-state index >= 15 is 0 Å². The van der Waals surface area contributed by atoms with Crippen LogP contribution in [-0.4, -0.2) is 54.2 Å². The van der Waals surface area contributed by atoms with E-state index in [1.165, 1.54) is 6.42 Å². The van der Waals surface area contributed by atoms with E-state index in [2.05, 4.69) is 22.5 Å². The van der Waals surface area contributed by atoms with Crippen LogP contribution in [0.3, 0.4) is 0 Å². The SMILES string of the molecule is CCN1CCCC1CNC(=O)NCCCC(C)C(=O)O. The van der Waals surface area contributed by atoms with Gasteiger partial charge >= 0.3 is 12.0 Å². The van der Waals surface area contributed by atoms with E-state index in [1.807, 2.05) is 0 Å². The van der Waals surface area contributed by atoms with Crippen molar-refractivity contribution in [3.8, 4) is 0 Å². The average molecular weight is 285 g/mol. The molecule has 1 saturated heterocycles. The molecule has 0 aromatic rings. The van der Waals surface area contributed by atoms with E-state index in [4.69, 9.17) is 5.11 Å². The molecule has 3 N–H and O–H groups in total. The molecular weight excluding hydrogens is 258 g/mol. The molecule has 0 aliphatic carbocycles. The molecule has 1 aliphatic rings. The van der Waals surface area contributed by atoms with Gasteiger partial charge in [-0.3, -0.25) is 9.69 Å². The second-order valence-corrected chi connectivity index (χ2v) is 5.44. The number of hydrogen-bond donors (Lipinski definition) is 3. The lowest BCUT2D eigenvalue weighted by Crippen LogP contribution is -2.44. The monoisotopic (exact) mass is 285 g/mol. The molecule has 2 unspecified atom stereocenters. The lowest BCUT2D eigenvalue weighted by atomic mass is 10.1. The fraction of sp³-hybridized carbons (Fsp3) is 0.857. The normalized spacial score (nSPS) is 20.6. The van der Waals surface area contributed by atoms with Crippen molar-refractivity contribution in [2.75, 3.05) is 26.2 Å². The predicted octanol–water partition coefficient (Wildman–Crippen LogP) is 1.27. The number of nitrogens with one attached hydrogen (secondary N) is 2. The Morgan fingerprint density at radius 3 is 2.80 bits per heavy atom. The zero-order valence-electron chi connectivity index (χ0n) is 12.5. The first-order chi connectivity index (χ1) is 9.54. The van der Waals surface area contributed by atoms with Crippen molar-refractivity contribution in [1.82, 2.24) is 15.5 Å². The third-order valence-electron chi connectivity index (χ3n) is 3.92. The molecule has 0 aromatic carbocycles. The summed E-state index contributed by atoms with van der Waals surface area (Å²) in [5.41, 5.74) is 0. The molecule has 0 aromatic heterocycles.